The molecule has 5 N–H and O–H groups in total. The maximum atomic E-state index is 12.6. The van der Waals surface area contributed by atoms with Gasteiger partial charge in [-0.2, -0.15) is 0 Å². The summed E-state index contributed by atoms with van der Waals surface area (Å²) >= 11 is 0. The third-order valence-electron chi connectivity index (χ3n) is 9.29. The molecule has 2 rings (SSSR count). The molecule has 280 valence electrons. The number of aliphatic imine (C=N–C) groups is 1. The first kappa shape index (κ1) is 46.9. The number of unbranched alkanes of at least 4 members (excludes halogenated alkanes) is 8. The van der Waals surface area contributed by atoms with Gasteiger partial charge in [0.15, 0.2) is 0 Å². The monoisotopic (exact) mass is 733 g/mol. The summed E-state index contributed by atoms with van der Waals surface area (Å²) in [5, 5.41) is 45.2. The quantitative estimate of drug-likeness (QED) is 0.0144. The summed E-state index contributed by atoms with van der Waals surface area (Å²) in [5.74, 6) is -0.847. The van der Waals surface area contributed by atoms with Crippen molar-refractivity contribution in [3.63, 3.8) is 0 Å². The smallest absolute Gasteiger partial charge is 0.862 e. The number of phosphoric ester groups is 1. The summed E-state index contributed by atoms with van der Waals surface area (Å²) in [6.07, 6.45) is 22.2. The van der Waals surface area contributed by atoms with Crippen molar-refractivity contribution in [3.8, 4) is 0 Å². The number of aliphatic hydroxyl groups excluding tert-OH is 2. The van der Waals surface area contributed by atoms with Crippen molar-refractivity contribution in [2.75, 3.05) is 6.54 Å². The first-order valence-electron chi connectivity index (χ1n) is 18.3. The van der Waals surface area contributed by atoms with Crippen LogP contribution in [0.1, 0.15) is 123 Å². The third-order valence-corrected chi connectivity index (χ3v) is 9.82. The molecule has 0 radical (unpaired) electrons. The molecule has 0 aromatic heterocycles. The van der Waals surface area contributed by atoms with Crippen LogP contribution in [0.2, 0.25) is 0 Å². The molecule has 0 unspecified atom stereocenters. The number of carbonyl (C=O) groups excluding carboxylic acids is 1. The van der Waals surface area contributed by atoms with Gasteiger partial charge in [0.25, 0.3) is 0 Å². The number of aliphatic hydroxyl groups is 3. The van der Waals surface area contributed by atoms with E-state index < -0.39 is 44.1 Å². The van der Waals surface area contributed by atoms with Gasteiger partial charge in [-0.05, 0) is 56.4 Å². The van der Waals surface area contributed by atoms with E-state index in [4.69, 9.17) is 9.26 Å². The third kappa shape index (κ3) is 20.2. The van der Waals surface area contributed by atoms with Gasteiger partial charge in [-0.25, -0.2) is 9.36 Å². The molecule has 1 aliphatic carbocycles. The Kier molecular flexibility index (Phi) is 24.2. The molecule has 0 aromatic rings. The van der Waals surface area contributed by atoms with Crippen molar-refractivity contribution in [2.24, 2.45) is 16.8 Å². The number of cyclic esters (lactones) is 1. The number of nitrogens with zero attached hydrogens (tertiary/aromatic N) is 1. The Bertz CT molecular complexity index is 1160. The largest absolute Gasteiger partial charge is 1.00 e. The van der Waals surface area contributed by atoms with Crippen LogP contribution in [-0.4, -0.2) is 73.5 Å². The summed E-state index contributed by atoms with van der Waals surface area (Å²) in [7, 11) is -5.16. The molecule has 13 heteroatoms. The molecule has 0 amide bonds. The van der Waals surface area contributed by atoms with Gasteiger partial charge in [0.2, 0.25) is 0 Å². The van der Waals surface area contributed by atoms with Crippen molar-refractivity contribution in [2.45, 2.75) is 153 Å². The van der Waals surface area contributed by atoms with E-state index in [0.29, 0.717) is 19.3 Å². The van der Waals surface area contributed by atoms with Crippen LogP contribution in [0.25, 0.3) is 0 Å². The number of hydrogen-bond acceptors (Lipinski definition) is 9. The van der Waals surface area contributed by atoms with Crippen LogP contribution in [0.5, 0.6) is 0 Å². The van der Waals surface area contributed by atoms with Crippen LogP contribution in [0.15, 0.2) is 53.6 Å². The summed E-state index contributed by atoms with van der Waals surface area (Å²) in [6, 6.07) is 0. The minimum Gasteiger partial charge on any atom is -0.862 e. The molecule has 11 nitrogen and oxygen atoms in total. The zero-order chi connectivity index (χ0) is 36.1. The molecular formula is C37H61NNaO10P. The van der Waals surface area contributed by atoms with Gasteiger partial charge in [-0.1, -0.05) is 108 Å². The van der Waals surface area contributed by atoms with Crippen LogP contribution in [0.3, 0.4) is 0 Å². The molecule has 1 heterocycles. The van der Waals surface area contributed by atoms with Gasteiger partial charge in [-0.3, -0.25) is 4.52 Å². The van der Waals surface area contributed by atoms with E-state index in [1.54, 1.807) is 18.2 Å². The Balaban J connectivity index is 0.0000125. The zero-order valence-corrected chi connectivity index (χ0v) is 33.4. The minimum absolute atomic E-state index is 0. The molecule has 0 saturated heterocycles. The Labute approximate surface area is 321 Å². The van der Waals surface area contributed by atoms with Crippen molar-refractivity contribution in [1.29, 1.82) is 0 Å². The normalized spacial score (nSPS) is 24.4. The molecule has 2 aliphatic rings. The van der Waals surface area contributed by atoms with Crippen molar-refractivity contribution < 1.29 is 78.4 Å². The summed E-state index contributed by atoms with van der Waals surface area (Å²) in [6.45, 7) is 3.95. The molecule has 0 spiro atoms. The summed E-state index contributed by atoms with van der Waals surface area (Å²) < 4.78 is 22.6. The number of rotatable bonds is 24. The molecule has 1 aliphatic heterocycles. The maximum absolute atomic E-state index is 12.6. The maximum Gasteiger partial charge on any atom is 1.00 e. The summed E-state index contributed by atoms with van der Waals surface area (Å²) in [5.41, 5.74) is -2.10. The van der Waals surface area contributed by atoms with Crippen molar-refractivity contribution >= 4 is 19.7 Å². The van der Waals surface area contributed by atoms with E-state index in [1.807, 2.05) is 13.0 Å². The molecule has 1 saturated carbocycles. The van der Waals surface area contributed by atoms with Crippen LogP contribution >= 0.6 is 7.82 Å². The van der Waals surface area contributed by atoms with Crippen LogP contribution in [0.4, 0.5) is 0 Å². The topological polar surface area (TPSA) is 189 Å². The van der Waals surface area contributed by atoms with E-state index in [2.05, 4.69) is 11.9 Å². The predicted octanol–water partition coefficient (Wildman–Crippen LogP) is 2.75. The van der Waals surface area contributed by atoms with Gasteiger partial charge < -0.3 is 39.9 Å². The second-order valence-corrected chi connectivity index (χ2v) is 14.7. The number of ether oxygens (including phenoxy) is 1. The molecule has 50 heavy (non-hydrogen) atoms. The molecule has 7 atom stereocenters. The molecular weight excluding hydrogens is 672 g/mol. The molecule has 0 aromatic carbocycles. The Morgan fingerprint density at radius 3 is 2.42 bits per heavy atom. The van der Waals surface area contributed by atoms with Crippen LogP contribution < -0.4 is 34.7 Å². The first-order chi connectivity index (χ1) is 23.3. The van der Waals surface area contributed by atoms with E-state index in [0.717, 1.165) is 38.5 Å². The Morgan fingerprint density at radius 1 is 1.10 bits per heavy atom. The van der Waals surface area contributed by atoms with Gasteiger partial charge >= 0.3 is 43.3 Å². The van der Waals surface area contributed by atoms with Gasteiger partial charge in [0.05, 0.1) is 12.2 Å². The predicted molar refractivity (Wildman–Crippen MR) is 189 cm³/mol. The fourth-order valence-electron chi connectivity index (χ4n) is 6.35. The number of esters is 1. The van der Waals surface area contributed by atoms with E-state index >= 15 is 0 Å². The van der Waals surface area contributed by atoms with Crippen LogP contribution in [0, 0.1) is 11.8 Å². The van der Waals surface area contributed by atoms with E-state index in [1.165, 1.54) is 56.4 Å². The van der Waals surface area contributed by atoms with Crippen molar-refractivity contribution in [3.05, 3.63) is 48.6 Å². The fraction of sp³-hybridized carbons (Fsp3) is 0.730. The number of carbonyl (C=O) groups is 1. The first-order valence-corrected chi connectivity index (χ1v) is 19.8. The minimum atomic E-state index is -5.16. The van der Waals surface area contributed by atoms with Gasteiger partial charge in [-0.15, -0.1) is 0 Å². The summed E-state index contributed by atoms with van der Waals surface area (Å²) in [4.78, 5) is 35.6. The average Bonchev–Trinajstić information content (AvgIpc) is 3.04. The zero-order valence-electron chi connectivity index (χ0n) is 30.5. The Hall–Kier alpha value is -1.11. The SMILES string of the molecule is CCCCCCCCCCCC([O-])=NCC[C@@](O)(/C=C/[C@@H]1OC(=O)C=C[C@@H]1CC)[C@@H](C[C@@H](O)/C=C\C=C/[C@@H]1CCC[C@H](O)C1)OP(=O)(O)O.[Na+]. The standard InChI is InChI=1S/C37H62NO10P.Na/c1-3-5-6-7-8-9-10-11-12-20-35(41)38-26-25-37(43,24-23-33-30(4-2)21-22-36(42)47-33)34(48-49(44,45)46)28-32(40)18-14-13-16-29-17-15-19-31(39)27-29;/h13-14,16,18,21-24,29-34,39-40,43H,3-12,15,17,19-20,25-28H2,1-2H3,(H,38,41)(H2,44,45,46);/q;+1/p-1/b16-13-,18-14-,24-23+;/t29-,30+,31+,32+,33+,34-,37+;/m1./s1. The number of phosphoric acid groups is 1. The van der Waals surface area contributed by atoms with E-state index in [-0.39, 0.29) is 72.8 Å². The Morgan fingerprint density at radius 2 is 1.78 bits per heavy atom. The second kappa shape index (κ2) is 25.8. The molecule has 1 fully saturated rings. The van der Waals surface area contributed by atoms with E-state index in [9.17, 15) is 39.6 Å². The fourth-order valence-corrected chi connectivity index (χ4v) is 6.95. The second-order valence-electron chi connectivity index (χ2n) is 13.5. The van der Waals surface area contributed by atoms with Gasteiger partial charge in [0, 0.05) is 31.4 Å². The number of allylic oxidation sites excluding steroid dienone is 3. The van der Waals surface area contributed by atoms with Crippen LogP contribution in [-0.2, 0) is 18.6 Å². The van der Waals surface area contributed by atoms with Crippen molar-refractivity contribution in [1.82, 2.24) is 0 Å². The number of hydrogen-bond donors (Lipinski definition) is 5. The average molecular weight is 734 g/mol. The molecule has 0 bridgehead atoms. The van der Waals surface area contributed by atoms with Gasteiger partial charge in [0.1, 0.15) is 17.8 Å².